The van der Waals surface area contributed by atoms with Gasteiger partial charge in [0.1, 0.15) is 5.15 Å². The highest BCUT2D eigenvalue weighted by atomic mass is 35.5. The van der Waals surface area contributed by atoms with E-state index in [1.807, 2.05) is 54.6 Å². The maximum atomic E-state index is 6.41. The van der Waals surface area contributed by atoms with Crippen LogP contribution < -0.4 is 14.9 Å². The van der Waals surface area contributed by atoms with Crippen LogP contribution in [0.4, 0.5) is 5.95 Å². The Morgan fingerprint density at radius 1 is 0.829 bits per heavy atom. The summed E-state index contributed by atoms with van der Waals surface area (Å²) in [5, 5.41) is 6.91. The van der Waals surface area contributed by atoms with E-state index < -0.39 is 0 Å². The zero-order chi connectivity index (χ0) is 24.4. The second kappa shape index (κ2) is 9.74. The molecule has 1 N–H and O–H groups in total. The molecule has 174 valence electrons. The Morgan fingerprint density at radius 3 is 2.37 bits per heavy atom. The first-order chi connectivity index (χ1) is 17.1. The molecule has 0 bridgehead atoms. The van der Waals surface area contributed by atoms with Gasteiger partial charge >= 0.3 is 0 Å². The van der Waals surface area contributed by atoms with E-state index in [1.165, 1.54) is 0 Å². The van der Waals surface area contributed by atoms with Crippen molar-refractivity contribution in [2.24, 2.45) is 5.10 Å². The van der Waals surface area contributed by atoms with Gasteiger partial charge in [-0.3, -0.25) is 0 Å². The van der Waals surface area contributed by atoms with Crippen molar-refractivity contribution >= 4 is 57.2 Å². The summed E-state index contributed by atoms with van der Waals surface area (Å²) in [7, 11) is 3.16. The summed E-state index contributed by atoms with van der Waals surface area (Å²) in [5.74, 6) is 1.52. The van der Waals surface area contributed by atoms with Crippen LogP contribution in [-0.4, -0.2) is 35.4 Å². The van der Waals surface area contributed by atoms with E-state index in [4.69, 9.17) is 32.7 Å². The third-order valence-electron chi connectivity index (χ3n) is 5.37. The second-order valence-corrected chi connectivity index (χ2v) is 8.36. The summed E-state index contributed by atoms with van der Waals surface area (Å²) in [5.41, 5.74) is 6.65. The van der Waals surface area contributed by atoms with E-state index in [1.54, 1.807) is 32.6 Å². The largest absolute Gasteiger partial charge is 0.493 e. The Hall–Kier alpha value is -3.94. The minimum atomic E-state index is 0.300. The molecule has 2 heterocycles. The molecule has 0 radical (unpaired) electrons. The standard InChI is InChI=1S/C26H19Cl2N5O2/c1-34-22-11-16-10-17(25(28)30-21(16)13-23(22)35-2)14-29-33-26-31-20-9-8-18(27)12-19(20)24(32-26)15-6-4-3-5-7-15/h3-14H,1-2H3,(H,31,32,33)/b29-14+. The number of nitrogens with one attached hydrogen (secondary N) is 1. The van der Waals surface area contributed by atoms with Crippen LogP contribution in [-0.2, 0) is 0 Å². The van der Waals surface area contributed by atoms with Crippen LogP contribution in [0.2, 0.25) is 10.2 Å². The quantitative estimate of drug-likeness (QED) is 0.159. The lowest BCUT2D eigenvalue weighted by Gasteiger charge is -2.10. The molecule has 5 rings (SSSR count). The molecule has 0 amide bonds. The van der Waals surface area contributed by atoms with Crippen molar-refractivity contribution in [2.75, 3.05) is 19.6 Å². The lowest BCUT2D eigenvalue weighted by molar-refractivity contribution is 0.356. The number of anilines is 1. The molecule has 35 heavy (non-hydrogen) atoms. The molecule has 0 spiro atoms. The van der Waals surface area contributed by atoms with Crippen molar-refractivity contribution in [2.45, 2.75) is 0 Å². The number of aromatic nitrogens is 3. The molecule has 0 fully saturated rings. The van der Waals surface area contributed by atoms with Crippen molar-refractivity contribution in [1.29, 1.82) is 0 Å². The number of fused-ring (bicyclic) bond motifs is 2. The summed E-state index contributed by atoms with van der Waals surface area (Å²) in [4.78, 5) is 13.7. The van der Waals surface area contributed by atoms with Crippen LogP contribution in [0.5, 0.6) is 11.5 Å². The molecular weight excluding hydrogens is 485 g/mol. The summed E-state index contributed by atoms with van der Waals surface area (Å²) in [6, 6.07) is 20.8. The van der Waals surface area contributed by atoms with Crippen LogP contribution in [0, 0.1) is 0 Å². The number of hydrogen-bond donors (Lipinski definition) is 1. The van der Waals surface area contributed by atoms with Crippen LogP contribution in [0.1, 0.15) is 5.56 Å². The fourth-order valence-corrected chi connectivity index (χ4v) is 4.08. The van der Waals surface area contributed by atoms with Gasteiger partial charge in [-0.15, -0.1) is 0 Å². The molecule has 7 nitrogen and oxygen atoms in total. The van der Waals surface area contributed by atoms with Crippen molar-refractivity contribution in [3.05, 3.63) is 82.5 Å². The number of halogens is 2. The van der Waals surface area contributed by atoms with Gasteiger partial charge in [0.25, 0.3) is 0 Å². The van der Waals surface area contributed by atoms with Gasteiger partial charge in [0.05, 0.1) is 37.2 Å². The fourth-order valence-electron chi connectivity index (χ4n) is 3.71. The van der Waals surface area contributed by atoms with Gasteiger partial charge in [0.15, 0.2) is 11.5 Å². The zero-order valence-corrected chi connectivity index (χ0v) is 20.3. The van der Waals surface area contributed by atoms with Gasteiger partial charge in [-0.25, -0.2) is 20.4 Å². The number of benzene rings is 3. The Labute approximate surface area is 211 Å². The van der Waals surface area contributed by atoms with Gasteiger partial charge in [-0.1, -0.05) is 53.5 Å². The Balaban J connectivity index is 1.49. The number of pyridine rings is 1. The van der Waals surface area contributed by atoms with Crippen LogP contribution in [0.25, 0.3) is 33.1 Å². The number of hydrazone groups is 1. The molecule has 0 atom stereocenters. The lowest BCUT2D eigenvalue weighted by atomic mass is 10.1. The van der Waals surface area contributed by atoms with Gasteiger partial charge in [0.2, 0.25) is 5.95 Å². The average Bonchev–Trinajstić information content (AvgIpc) is 2.88. The highest BCUT2D eigenvalue weighted by molar-refractivity contribution is 6.32. The van der Waals surface area contributed by atoms with Crippen LogP contribution >= 0.6 is 23.2 Å². The predicted molar refractivity (Wildman–Crippen MR) is 141 cm³/mol. The van der Waals surface area contributed by atoms with Gasteiger partial charge < -0.3 is 9.47 Å². The molecular formula is C26H19Cl2N5O2. The first-order valence-corrected chi connectivity index (χ1v) is 11.4. The summed E-state index contributed by atoms with van der Waals surface area (Å²) in [6.07, 6.45) is 1.57. The second-order valence-electron chi connectivity index (χ2n) is 7.56. The van der Waals surface area contributed by atoms with E-state index >= 15 is 0 Å². The van der Waals surface area contributed by atoms with Gasteiger partial charge in [-0.2, -0.15) is 5.10 Å². The fraction of sp³-hybridized carbons (Fsp3) is 0.0769. The smallest absolute Gasteiger partial charge is 0.244 e. The van der Waals surface area contributed by atoms with Crippen molar-refractivity contribution in [3.63, 3.8) is 0 Å². The molecule has 0 unspecified atom stereocenters. The molecule has 0 aliphatic heterocycles. The number of rotatable bonds is 6. The van der Waals surface area contributed by atoms with Gasteiger partial charge in [-0.05, 0) is 30.3 Å². The minimum Gasteiger partial charge on any atom is -0.493 e. The molecule has 3 aromatic carbocycles. The first kappa shape index (κ1) is 22.8. The molecule has 2 aromatic heterocycles. The monoisotopic (exact) mass is 503 g/mol. The Morgan fingerprint density at radius 2 is 1.60 bits per heavy atom. The zero-order valence-electron chi connectivity index (χ0n) is 18.8. The number of nitrogens with zero attached hydrogens (tertiary/aromatic N) is 4. The molecule has 9 heteroatoms. The highest BCUT2D eigenvalue weighted by Gasteiger charge is 2.12. The molecule has 0 saturated heterocycles. The SMILES string of the molecule is COc1cc2cc(/C=N/Nc3nc(-c4ccccc4)c4cc(Cl)ccc4n3)c(Cl)nc2cc1OC. The highest BCUT2D eigenvalue weighted by Crippen LogP contribution is 2.33. The molecule has 0 aliphatic rings. The summed E-state index contributed by atoms with van der Waals surface area (Å²) >= 11 is 12.6. The topological polar surface area (TPSA) is 81.5 Å². The van der Waals surface area contributed by atoms with Crippen LogP contribution in [0.15, 0.2) is 71.8 Å². The lowest BCUT2D eigenvalue weighted by Crippen LogP contribution is -2.00. The first-order valence-electron chi connectivity index (χ1n) is 10.6. The third-order valence-corrected chi connectivity index (χ3v) is 5.91. The molecule has 5 aromatic rings. The molecule has 0 aliphatic carbocycles. The Kier molecular flexibility index (Phi) is 6.35. The average molecular weight is 504 g/mol. The predicted octanol–water partition coefficient (Wildman–Crippen LogP) is 6.62. The molecule has 0 saturated carbocycles. The summed E-state index contributed by atoms with van der Waals surface area (Å²) < 4.78 is 10.7. The number of ether oxygens (including phenoxy) is 2. The number of methoxy groups -OCH3 is 2. The third kappa shape index (κ3) is 4.69. The van der Waals surface area contributed by atoms with Crippen molar-refractivity contribution < 1.29 is 9.47 Å². The van der Waals surface area contributed by atoms with E-state index in [0.717, 1.165) is 27.5 Å². The van der Waals surface area contributed by atoms with Crippen molar-refractivity contribution in [3.8, 4) is 22.8 Å². The van der Waals surface area contributed by atoms with Crippen molar-refractivity contribution in [1.82, 2.24) is 15.0 Å². The van der Waals surface area contributed by atoms with E-state index in [-0.39, 0.29) is 0 Å². The van der Waals surface area contributed by atoms with Crippen LogP contribution in [0.3, 0.4) is 0 Å². The van der Waals surface area contributed by atoms with E-state index in [0.29, 0.717) is 38.7 Å². The number of hydrogen-bond acceptors (Lipinski definition) is 7. The van der Waals surface area contributed by atoms with E-state index in [2.05, 4.69) is 25.5 Å². The Bertz CT molecular complexity index is 1580. The minimum absolute atomic E-state index is 0.300. The maximum absolute atomic E-state index is 6.41. The van der Waals surface area contributed by atoms with E-state index in [9.17, 15) is 0 Å². The van der Waals surface area contributed by atoms with Gasteiger partial charge in [0, 0.05) is 33.0 Å². The normalized spacial score (nSPS) is 11.3. The summed E-state index contributed by atoms with van der Waals surface area (Å²) in [6.45, 7) is 0. The maximum Gasteiger partial charge on any atom is 0.244 e.